The minimum absolute atomic E-state index is 0.192. The minimum Gasteiger partial charge on any atom is -0.388 e. The van der Waals surface area contributed by atoms with E-state index in [9.17, 15) is 9.50 Å². The molecule has 19 heavy (non-hydrogen) atoms. The topological polar surface area (TPSA) is 23.5 Å². The number of aliphatic hydroxyl groups is 1. The zero-order valence-corrected chi connectivity index (χ0v) is 12.7. The zero-order chi connectivity index (χ0) is 14.6. The predicted octanol–water partition coefficient (Wildman–Crippen LogP) is 3.62. The van der Waals surface area contributed by atoms with Gasteiger partial charge in [0.15, 0.2) is 0 Å². The number of halogens is 1. The minimum atomic E-state index is -0.740. The highest BCUT2D eigenvalue weighted by Crippen LogP contribution is 2.25. The van der Waals surface area contributed by atoms with E-state index in [4.69, 9.17) is 0 Å². The Bertz CT molecular complexity index is 400. The summed E-state index contributed by atoms with van der Waals surface area (Å²) in [4.78, 5) is 2.21. The first kappa shape index (κ1) is 16.1. The van der Waals surface area contributed by atoms with E-state index in [0.29, 0.717) is 18.0 Å². The number of benzene rings is 1. The second-order valence-electron chi connectivity index (χ2n) is 6.35. The Balaban J connectivity index is 2.56. The maximum absolute atomic E-state index is 13.5. The molecule has 0 saturated carbocycles. The predicted molar refractivity (Wildman–Crippen MR) is 77.5 cm³/mol. The van der Waals surface area contributed by atoms with Crippen LogP contribution in [-0.4, -0.2) is 29.6 Å². The summed E-state index contributed by atoms with van der Waals surface area (Å²) < 4.78 is 13.5. The van der Waals surface area contributed by atoms with Crippen molar-refractivity contribution in [1.82, 2.24) is 4.90 Å². The zero-order valence-electron chi connectivity index (χ0n) is 12.7. The molecule has 0 aromatic heterocycles. The lowest BCUT2D eigenvalue weighted by Gasteiger charge is -2.35. The molecule has 1 N–H and O–H groups in total. The average Bonchev–Trinajstić information content (AvgIpc) is 2.34. The molecule has 0 aliphatic carbocycles. The molecular weight excluding hydrogens is 241 g/mol. The molecule has 0 aliphatic rings. The van der Waals surface area contributed by atoms with Gasteiger partial charge in [0.1, 0.15) is 5.82 Å². The van der Waals surface area contributed by atoms with Crippen molar-refractivity contribution >= 4 is 0 Å². The van der Waals surface area contributed by atoms with Gasteiger partial charge >= 0.3 is 0 Å². The molecule has 3 heteroatoms. The monoisotopic (exact) mass is 267 g/mol. The molecule has 0 spiro atoms. The van der Waals surface area contributed by atoms with Crippen molar-refractivity contribution in [3.8, 4) is 0 Å². The Morgan fingerprint density at radius 3 is 2.37 bits per heavy atom. The molecule has 108 valence electrons. The van der Waals surface area contributed by atoms with E-state index >= 15 is 0 Å². The number of aliphatic hydroxyl groups excluding tert-OH is 1. The quantitative estimate of drug-likeness (QED) is 0.881. The van der Waals surface area contributed by atoms with E-state index in [-0.39, 0.29) is 11.2 Å². The number of rotatable bonds is 5. The first-order chi connectivity index (χ1) is 8.73. The molecule has 0 bridgehead atoms. The van der Waals surface area contributed by atoms with E-state index in [2.05, 4.69) is 32.6 Å². The van der Waals surface area contributed by atoms with Crippen molar-refractivity contribution in [2.24, 2.45) is 5.41 Å². The fraction of sp³-hybridized carbons (Fsp3) is 0.625. The Morgan fingerprint density at radius 1 is 1.26 bits per heavy atom. The van der Waals surface area contributed by atoms with Gasteiger partial charge in [-0.1, -0.05) is 39.0 Å². The fourth-order valence-electron chi connectivity index (χ4n) is 2.08. The number of hydrogen-bond acceptors (Lipinski definition) is 2. The third-order valence-electron chi connectivity index (χ3n) is 3.93. The van der Waals surface area contributed by atoms with E-state index in [1.807, 2.05) is 7.05 Å². The van der Waals surface area contributed by atoms with Crippen LogP contribution >= 0.6 is 0 Å². The van der Waals surface area contributed by atoms with Gasteiger partial charge in [-0.3, -0.25) is 0 Å². The Labute approximate surface area is 116 Å². The third kappa shape index (κ3) is 4.59. The summed E-state index contributed by atoms with van der Waals surface area (Å²) in [7, 11) is 2.05. The molecule has 2 unspecified atom stereocenters. The Kier molecular flexibility index (Phi) is 5.50. The summed E-state index contributed by atoms with van der Waals surface area (Å²) in [5.41, 5.74) is 0.580. The van der Waals surface area contributed by atoms with Crippen LogP contribution in [0.15, 0.2) is 24.3 Å². The lowest BCUT2D eigenvalue weighted by atomic mass is 9.87. The van der Waals surface area contributed by atoms with Crippen molar-refractivity contribution in [3.05, 3.63) is 35.6 Å². The van der Waals surface area contributed by atoms with E-state index in [1.165, 1.54) is 6.07 Å². The second-order valence-corrected chi connectivity index (χ2v) is 6.35. The average molecular weight is 267 g/mol. The largest absolute Gasteiger partial charge is 0.388 e. The molecule has 0 heterocycles. The van der Waals surface area contributed by atoms with Crippen LogP contribution in [0, 0.1) is 11.2 Å². The molecule has 2 atom stereocenters. The van der Waals surface area contributed by atoms with Crippen LogP contribution in [-0.2, 0) is 0 Å². The van der Waals surface area contributed by atoms with Crippen molar-refractivity contribution in [3.63, 3.8) is 0 Å². The lowest BCUT2D eigenvalue weighted by Crippen LogP contribution is -2.40. The van der Waals surface area contributed by atoms with Crippen molar-refractivity contribution in [2.75, 3.05) is 13.6 Å². The molecule has 1 aromatic carbocycles. The van der Waals surface area contributed by atoms with Crippen LogP contribution in [0.25, 0.3) is 0 Å². The van der Waals surface area contributed by atoms with Crippen LogP contribution in [0.3, 0.4) is 0 Å². The number of hydrogen-bond donors (Lipinski definition) is 1. The summed E-state index contributed by atoms with van der Waals surface area (Å²) in [6, 6.07) is 6.83. The maximum Gasteiger partial charge on any atom is 0.128 e. The highest BCUT2D eigenvalue weighted by molar-refractivity contribution is 5.19. The van der Waals surface area contributed by atoms with Crippen molar-refractivity contribution < 1.29 is 9.50 Å². The molecule has 0 aliphatic heterocycles. The van der Waals surface area contributed by atoms with Gasteiger partial charge in [-0.2, -0.15) is 0 Å². The summed E-state index contributed by atoms with van der Waals surface area (Å²) in [6.45, 7) is 9.51. The molecule has 1 aromatic rings. The maximum atomic E-state index is 13.5. The first-order valence-electron chi connectivity index (χ1n) is 6.86. The lowest BCUT2D eigenvalue weighted by molar-refractivity contribution is 0.102. The Morgan fingerprint density at radius 2 is 1.84 bits per heavy atom. The van der Waals surface area contributed by atoms with Gasteiger partial charge in [-0.25, -0.2) is 4.39 Å². The first-order valence-corrected chi connectivity index (χ1v) is 6.86. The van der Waals surface area contributed by atoms with Gasteiger partial charge in [0.25, 0.3) is 0 Å². The molecular formula is C16H26FNO. The molecule has 0 radical (unpaired) electrons. The Hall–Kier alpha value is -0.930. The van der Waals surface area contributed by atoms with Gasteiger partial charge in [-0.15, -0.1) is 0 Å². The van der Waals surface area contributed by atoms with Crippen LogP contribution in [0.4, 0.5) is 4.39 Å². The van der Waals surface area contributed by atoms with Gasteiger partial charge < -0.3 is 10.0 Å². The van der Waals surface area contributed by atoms with Gasteiger partial charge in [0, 0.05) is 18.2 Å². The van der Waals surface area contributed by atoms with Crippen LogP contribution < -0.4 is 0 Å². The summed E-state index contributed by atoms with van der Waals surface area (Å²) in [5.74, 6) is -0.332. The summed E-state index contributed by atoms with van der Waals surface area (Å²) >= 11 is 0. The molecule has 0 saturated heterocycles. The smallest absolute Gasteiger partial charge is 0.128 e. The molecule has 0 fully saturated rings. The van der Waals surface area contributed by atoms with Gasteiger partial charge in [-0.05, 0) is 31.9 Å². The van der Waals surface area contributed by atoms with E-state index in [0.717, 1.165) is 6.54 Å². The standard InChI is InChI=1S/C16H26FNO/c1-12(16(2,3)4)18(5)11-10-15(19)13-8-6-7-9-14(13)17/h6-9,12,15,19H,10-11H2,1-5H3. The second kappa shape index (κ2) is 6.49. The van der Waals surface area contributed by atoms with Crippen LogP contribution in [0.5, 0.6) is 0 Å². The third-order valence-corrected chi connectivity index (χ3v) is 3.93. The SMILES string of the molecule is CC(N(C)CCC(O)c1ccccc1F)C(C)(C)C. The summed E-state index contributed by atoms with van der Waals surface area (Å²) in [6.07, 6.45) is -0.200. The van der Waals surface area contributed by atoms with Crippen molar-refractivity contribution in [1.29, 1.82) is 0 Å². The van der Waals surface area contributed by atoms with Gasteiger partial charge in [0.2, 0.25) is 0 Å². The van der Waals surface area contributed by atoms with Crippen molar-refractivity contribution in [2.45, 2.75) is 46.3 Å². The normalized spacial score (nSPS) is 15.6. The highest BCUT2D eigenvalue weighted by atomic mass is 19.1. The van der Waals surface area contributed by atoms with Crippen LogP contribution in [0.1, 0.15) is 45.8 Å². The van der Waals surface area contributed by atoms with Crippen LogP contribution in [0.2, 0.25) is 0 Å². The van der Waals surface area contributed by atoms with E-state index < -0.39 is 6.10 Å². The highest BCUT2D eigenvalue weighted by Gasteiger charge is 2.24. The molecule has 0 amide bonds. The molecule has 1 rings (SSSR count). The van der Waals surface area contributed by atoms with Gasteiger partial charge in [0.05, 0.1) is 6.10 Å². The number of nitrogens with zero attached hydrogens (tertiary/aromatic N) is 1. The van der Waals surface area contributed by atoms with E-state index in [1.54, 1.807) is 18.2 Å². The summed E-state index contributed by atoms with van der Waals surface area (Å²) in [5, 5.41) is 10.1. The molecule has 2 nitrogen and oxygen atoms in total. The fourth-order valence-corrected chi connectivity index (χ4v) is 2.08.